The number of halogens is 2. The standard InChI is InChI=1S/C17H18I2N2O3S.C4H4O4/c1-24-15-11(18)6-9(7-12(15)19)5-10-3-2-4-13-16(10)25-17(21-13)20-8-14(22)23;5-3(6)1-2-4(7)8/h6-7,10H,2-5,8H2,1H3,(H,20,21)(H,22,23);1-2H,(H,5,6)(H,7,8)/b;2-1-. The molecule has 0 aliphatic heterocycles. The van der Waals surface area contributed by atoms with Crippen LogP contribution in [0.25, 0.3) is 0 Å². The summed E-state index contributed by atoms with van der Waals surface area (Å²) in [6, 6.07) is 4.39. The molecule has 9 nitrogen and oxygen atoms in total. The number of aryl methyl sites for hydroxylation is 1. The third-order valence-electron chi connectivity index (χ3n) is 4.57. The van der Waals surface area contributed by atoms with Gasteiger partial charge in [-0.1, -0.05) is 0 Å². The highest BCUT2D eigenvalue weighted by molar-refractivity contribution is 14.1. The molecule has 1 aliphatic rings. The molecule has 0 radical (unpaired) electrons. The summed E-state index contributed by atoms with van der Waals surface area (Å²) < 4.78 is 7.71. The second kappa shape index (κ2) is 13.1. The minimum atomic E-state index is -1.26. The van der Waals surface area contributed by atoms with Gasteiger partial charge in [-0.15, -0.1) is 11.3 Å². The Morgan fingerprint density at radius 2 is 1.79 bits per heavy atom. The molecule has 0 amide bonds. The highest BCUT2D eigenvalue weighted by atomic mass is 127. The maximum Gasteiger partial charge on any atom is 0.328 e. The number of ether oxygens (including phenoxy) is 1. The van der Waals surface area contributed by atoms with Gasteiger partial charge in [0, 0.05) is 17.0 Å². The Bertz CT molecular complexity index is 1020. The van der Waals surface area contributed by atoms with Crippen LogP contribution in [0.1, 0.15) is 34.9 Å². The van der Waals surface area contributed by atoms with E-state index in [4.69, 9.17) is 20.1 Å². The van der Waals surface area contributed by atoms with Crippen LogP contribution < -0.4 is 10.1 Å². The van der Waals surface area contributed by atoms with Gasteiger partial charge in [-0.3, -0.25) is 4.79 Å². The molecule has 0 bridgehead atoms. The molecule has 1 aromatic carbocycles. The number of rotatable bonds is 8. The summed E-state index contributed by atoms with van der Waals surface area (Å²) in [6.07, 6.45) is 5.35. The summed E-state index contributed by atoms with van der Waals surface area (Å²) in [5.41, 5.74) is 2.44. The Balaban J connectivity index is 0.000000414. The van der Waals surface area contributed by atoms with Gasteiger partial charge in [-0.2, -0.15) is 0 Å². The number of nitrogens with zero attached hydrogens (tertiary/aromatic N) is 1. The summed E-state index contributed by atoms with van der Waals surface area (Å²) in [6.45, 7) is -0.0913. The average molecular weight is 700 g/mol. The largest absolute Gasteiger partial charge is 0.495 e. The molecule has 1 unspecified atom stereocenters. The molecule has 1 aromatic heterocycles. The number of carboxylic acid groups (broad SMARTS) is 3. The van der Waals surface area contributed by atoms with E-state index in [2.05, 4.69) is 67.6 Å². The topological polar surface area (TPSA) is 146 Å². The number of fused-ring (bicyclic) bond motifs is 1. The SMILES string of the molecule is COc1c(I)cc(CC2CCCc3nc(NCC(=O)O)sc32)cc1I.O=C(O)/C=C\C(=O)O. The lowest BCUT2D eigenvalue weighted by atomic mass is 9.87. The predicted molar refractivity (Wildman–Crippen MR) is 140 cm³/mol. The third kappa shape index (κ3) is 8.73. The molecule has 12 heteroatoms. The number of benzene rings is 1. The Kier molecular flexibility index (Phi) is 10.8. The molecule has 0 saturated heterocycles. The number of carboxylic acids is 3. The Morgan fingerprint density at radius 3 is 2.30 bits per heavy atom. The first-order valence-corrected chi connectivity index (χ1v) is 12.7. The Morgan fingerprint density at radius 1 is 1.18 bits per heavy atom. The molecular weight excluding hydrogens is 678 g/mol. The fourth-order valence-corrected chi connectivity index (χ4v) is 6.76. The van der Waals surface area contributed by atoms with Crippen molar-refractivity contribution in [2.24, 2.45) is 0 Å². The molecule has 0 fully saturated rings. The molecule has 1 heterocycles. The number of hydrogen-bond acceptors (Lipinski definition) is 7. The molecule has 0 saturated carbocycles. The van der Waals surface area contributed by atoms with Crippen LogP contribution in [0.4, 0.5) is 5.13 Å². The number of aromatic nitrogens is 1. The highest BCUT2D eigenvalue weighted by Crippen LogP contribution is 2.40. The van der Waals surface area contributed by atoms with E-state index >= 15 is 0 Å². The molecule has 3 rings (SSSR count). The quantitative estimate of drug-likeness (QED) is 0.235. The van der Waals surface area contributed by atoms with Crippen LogP contribution in [-0.4, -0.2) is 51.9 Å². The van der Waals surface area contributed by atoms with E-state index in [0.29, 0.717) is 18.1 Å². The van der Waals surface area contributed by atoms with Crippen LogP contribution in [-0.2, 0) is 27.2 Å². The number of hydrogen-bond donors (Lipinski definition) is 4. The number of anilines is 1. The van der Waals surface area contributed by atoms with Crippen molar-refractivity contribution >= 4 is 79.6 Å². The molecular formula is C21H22I2N2O7S. The summed E-state index contributed by atoms with van der Waals surface area (Å²) in [5, 5.41) is 28.1. The van der Waals surface area contributed by atoms with Gasteiger partial charge in [0.25, 0.3) is 0 Å². The molecule has 2 aromatic rings. The van der Waals surface area contributed by atoms with Gasteiger partial charge in [-0.05, 0) is 94.5 Å². The van der Waals surface area contributed by atoms with E-state index in [1.807, 2.05) is 0 Å². The summed E-state index contributed by atoms with van der Waals surface area (Å²) >= 11 is 6.25. The van der Waals surface area contributed by atoms with Gasteiger partial charge < -0.3 is 25.4 Å². The Hall–Kier alpha value is -1.94. The van der Waals surface area contributed by atoms with E-state index in [0.717, 1.165) is 49.4 Å². The van der Waals surface area contributed by atoms with Crippen molar-refractivity contribution in [1.29, 1.82) is 0 Å². The lowest BCUT2D eigenvalue weighted by molar-refractivity contribution is -0.135. The molecule has 1 aliphatic carbocycles. The number of aliphatic carboxylic acids is 3. The van der Waals surface area contributed by atoms with Gasteiger partial charge in [0.2, 0.25) is 0 Å². The van der Waals surface area contributed by atoms with E-state index in [1.165, 1.54) is 10.4 Å². The molecule has 1 atom stereocenters. The summed E-state index contributed by atoms with van der Waals surface area (Å²) in [7, 11) is 1.70. The van der Waals surface area contributed by atoms with Crippen molar-refractivity contribution < 1.29 is 34.4 Å². The van der Waals surface area contributed by atoms with Crippen molar-refractivity contribution in [2.75, 3.05) is 19.0 Å². The zero-order valence-electron chi connectivity index (χ0n) is 17.5. The zero-order chi connectivity index (χ0) is 24.5. The number of methoxy groups -OCH3 is 1. The van der Waals surface area contributed by atoms with Crippen molar-refractivity contribution in [3.05, 3.63) is 47.6 Å². The fraction of sp³-hybridized carbons (Fsp3) is 0.333. The van der Waals surface area contributed by atoms with Gasteiger partial charge in [0.1, 0.15) is 12.3 Å². The monoisotopic (exact) mass is 700 g/mol. The average Bonchev–Trinajstić information content (AvgIpc) is 3.15. The molecule has 178 valence electrons. The summed E-state index contributed by atoms with van der Waals surface area (Å²) in [4.78, 5) is 35.8. The van der Waals surface area contributed by atoms with E-state index in [9.17, 15) is 14.4 Å². The maximum absolute atomic E-state index is 10.7. The van der Waals surface area contributed by atoms with Gasteiger partial charge in [0.05, 0.1) is 19.9 Å². The normalized spacial score (nSPS) is 14.7. The van der Waals surface area contributed by atoms with Gasteiger partial charge in [-0.25, -0.2) is 14.6 Å². The highest BCUT2D eigenvalue weighted by Gasteiger charge is 2.25. The third-order valence-corrected chi connectivity index (χ3v) is 7.39. The lowest BCUT2D eigenvalue weighted by Gasteiger charge is -2.21. The van der Waals surface area contributed by atoms with Crippen LogP contribution in [0.2, 0.25) is 0 Å². The van der Waals surface area contributed by atoms with E-state index < -0.39 is 17.9 Å². The zero-order valence-corrected chi connectivity index (χ0v) is 22.6. The lowest BCUT2D eigenvalue weighted by Crippen LogP contribution is -2.12. The molecule has 4 N–H and O–H groups in total. The summed E-state index contributed by atoms with van der Waals surface area (Å²) in [5.74, 6) is -2.00. The minimum absolute atomic E-state index is 0.0913. The van der Waals surface area contributed by atoms with Crippen LogP contribution >= 0.6 is 56.5 Å². The number of nitrogens with one attached hydrogen (secondary N) is 1. The van der Waals surface area contributed by atoms with Crippen molar-refractivity contribution in [2.45, 2.75) is 31.6 Å². The first-order valence-electron chi connectivity index (χ1n) is 9.71. The first kappa shape index (κ1) is 27.3. The molecule has 33 heavy (non-hydrogen) atoms. The van der Waals surface area contributed by atoms with Crippen molar-refractivity contribution in [3.8, 4) is 5.75 Å². The van der Waals surface area contributed by atoms with Crippen LogP contribution in [0, 0.1) is 7.14 Å². The smallest absolute Gasteiger partial charge is 0.328 e. The van der Waals surface area contributed by atoms with Crippen molar-refractivity contribution in [1.82, 2.24) is 4.98 Å². The van der Waals surface area contributed by atoms with Gasteiger partial charge in [0.15, 0.2) is 5.13 Å². The van der Waals surface area contributed by atoms with E-state index in [1.54, 1.807) is 18.4 Å². The Labute approximate surface area is 221 Å². The first-order chi connectivity index (χ1) is 15.6. The number of carbonyl (C=O) groups is 3. The van der Waals surface area contributed by atoms with Crippen LogP contribution in [0.15, 0.2) is 24.3 Å². The fourth-order valence-electron chi connectivity index (χ4n) is 3.28. The number of thiazole rings is 1. The second-order valence-electron chi connectivity index (χ2n) is 6.97. The van der Waals surface area contributed by atoms with Crippen LogP contribution in [0.5, 0.6) is 5.75 Å². The van der Waals surface area contributed by atoms with E-state index in [-0.39, 0.29) is 6.54 Å². The maximum atomic E-state index is 10.7. The van der Waals surface area contributed by atoms with Gasteiger partial charge >= 0.3 is 17.9 Å². The second-order valence-corrected chi connectivity index (χ2v) is 10.3. The predicted octanol–water partition coefficient (Wildman–Crippen LogP) is 4.23. The minimum Gasteiger partial charge on any atom is -0.495 e. The van der Waals surface area contributed by atoms with Crippen LogP contribution in [0.3, 0.4) is 0 Å². The molecule has 0 spiro atoms. The van der Waals surface area contributed by atoms with Crippen molar-refractivity contribution in [3.63, 3.8) is 0 Å².